The molecule has 1 aliphatic heterocycles. The molecule has 0 aromatic heterocycles. The van der Waals surface area contributed by atoms with Crippen molar-refractivity contribution in [3.05, 3.63) is 0 Å². The number of piperazine rings is 1. The highest BCUT2D eigenvalue weighted by atomic mass is 16.2. The summed E-state index contributed by atoms with van der Waals surface area (Å²) in [4.78, 5) is 15.7. The molecule has 16 heavy (non-hydrogen) atoms. The number of nitrogens with zero attached hydrogens (tertiary/aromatic N) is 3. The molecule has 1 aliphatic rings. The Morgan fingerprint density at radius 1 is 1.31 bits per heavy atom. The third kappa shape index (κ3) is 2.96. The quantitative estimate of drug-likeness (QED) is 0.723. The summed E-state index contributed by atoms with van der Waals surface area (Å²) in [6, 6.07) is 2.30. The van der Waals surface area contributed by atoms with Crippen LogP contribution < -0.4 is 0 Å². The van der Waals surface area contributed by atoms with Crippen molar-refractivity contribution in [1.82, 2.24) is 9.80 Å². The summed E-state index contributed by atoms with van der Waals surface area (Å²) in [5.74, 6) is 0.247. The molecule has 4 heteroatoms. The van der Waals surface area contributed by atoms with Gasteiger partial charge in [-0.05, 0) is 20.3 Å². The van der Waals surface area contributed by atoms with Gasteiger partial charge in [0.1, 0.15) is 5.54 Å². The van der Waals surface area contributed by atoms with Crippen LogP contribution in [-0.4, -0.2) is 47.4 Å². The van der Waals surface area contributed by atoms with Crippen molar-refractivity contribution in [1.29, 1.82) is 5.26 Å². The number of carbonyl (C=O) groups is 1. The van der Waals surface area contributed by atoms with E-state index in [1.807, 2.05) is 25.7 Å². The predicted molar refractivity (Wildman–Crippen MR) is 62.8 cm³/mol. The van der Waals surface area contributed by atoms with Crippen LogP contribution >= 0.6 is 0 Å². The molecule has 0 saturated carbocycles. The van der Waals surface area contributed by atoms with Crippen LogP contribution in [0.15, 0.2) is 0 Å². The lowest BCUT2D eigenvalue weighted by Gasteiger charge is -2.40. The molecule has 1 fully saturated rings. The molecule has 1 rings (SSSR count). The standard InChI is InChI=1S/C12H21N3O/c1-4-5-11(16)14-6-8-15(9-7-14)12(2,3)10-13/h4-9H2,1-3H3. The Balaban J connectivity index is 2.46. The van der Waals surface area contributed by atoms with Crippen LogP contribution in [0.5, 0.6) is 0 Å². The Kier molecular flexibility index (Phi) is 4.31. The van der Waals surface area contributed by atoms with E-state index in [0.29, 0.717) is 6.42 Å². The molecular formula is C12H21N3O. The van der Waals surface area contributed by atoms with E-state index < -0.39 is 5.54 Å². The van der Waals surface area contributed by atoms with Crippen LogP contribution in [-0.2, 0) is 4.79 Å². The molecule has 4 nitrogen and oxygen atoms in total. The molecule has 0 spiro atoms. The summed E-state index contributed by atoms with van der Waals surface area (Å²) < 4.78 is 0. The first kappa shape index (κ1) is 13.0. The lowest BCUT2D eigenvalue weighted by molar-refractivity contribution is -0.133. The fourth-order valence-corrected chi connectivity index (χ4v) is 1.96. The highest BCUT2D eigenvalue weighted by molar-refractivity contribution is 5.76. The van der Waals surface area contributed by atoms with Crippen molar-refractivity contribution in [2.75, 3.05) is 26.2 Å². The van der Waals surface area contributed by atoms with Crippen LogP contribution in [0.25, 0.3) is 0 Å². The van der Waals surface area contributed by atoms with Crippen molar-refractivity contribution in [3.63, 3.8) is 0 Å². The average molecular weight is 223 g/mol. The van der Waals surface area contributed by atoms with Gasteiger partial charge in [0.05, 0.1) is 6.07 Å². The van der Waals surface area contributed by atoms with Gasteiger partial charge in [-0.1, -0.05) is 6.92 Å². The maximum atomic E-state index is 11.7. The van der Waals surface area contributed by atoms with Gasteiger partial charge in [0.15, 0.2) is 0 Å². The van der Waals surface area contributed by atoms with Crippen molar-refractivity contribution in [3.8, 4) is 6.07 Å². The SMILES string of the molecule is CCCC(=O)N1CCN(C(C)(C)C#N)CC1. The van der Waals surface area contributed by atoms with Gasteiger partial charge in [-0.15, -0.1) is 0 Å². The Bertz CT molecular complexity index is 285. The fraction of sp³-hybridized carbons (Fsp3) is 0.833. The number of carbonyl (C=O) groups excluding carboxylic acids is 1. The number of rotatable bonds is 3. The van der Waals surface area contributed by atoms with Gasteiger partial charge in [-0.25, -0.2) is 0 Å². The van der Waals surface area contributed by atoms with Crippen LogP contribution in [0, 0.1) is 11.3 Å². The Hall–Kier alpha value is -1.08. The zero-order chi connectivity index (χ0) is 12.2. The molecule has 1 saturated heterocycles. The summed E-state index contributed by atoms with van der Waals surface area (Å²) in [7, 11) is 0. The maximum absolute atomic E-state index is 11.7. The third-order valence-corrected chi connectivity index (χ3v) is 3.16. The van der Waals surface area contributed by atoms with Crippen LogP contribution in [0.2, 0.25) is 0 Å². The van der Waals surface area contributed by atoms with E-state index in [1.165, 1.54) is 0 Å². The summed E-state index contributed by atoms with van der Waals surface area (Å²) >= 11 is 0. The first-order valence-electron chi connectivity index (χ1n) is 5.95. The molecular weight excluding hydrogens is 202 g/mol. The molecule has 0 atom stereocenters. The van der Waals surface area contributed by atoms with Crippen LogP contribution in [0.3, 0.4) is 0 Å². The first-order chi connectivity index (χ1) is 7.51. The molecule has 0 radical (unpaired) electrons. The van der Waals surface area contributed by atoms with E-state index in [4.69, 9.17) is 5.26 Å². The second kappa shape index (κ2) is 5.31. The molecule has 0 unspecified atom stereocenters. The normalized spacial score (nSPS) is 18.2. The lowest BCUT2D eigenvalue weighted by atomic mass is 10.0. The van der Waals surface area contributed by atoms with Gasteiger partial charge in [0.25, 0.3) is 0 Å². The van der Waals surface area contributed by atoms with E-state index in [9.17, 15) is 4.79 Å². The van der Waals surface area contributed by atoms with E-state index in [0.717, 1.165) is 32.6 Å². The number of hydrogen-bond acceptors (Lipinski definition) is 3. The van der Waals surface area contributed by atoms with Gasteiger partial charge in [0, 0.05) is 32.6 Å². The smallest absolute Gasteiger partial charge is 0.222 e. The second-order valence-corrected chi connectivity index (χ2v) is 4.79. The molecule has 0 aromatic rings. The molecule has 1 heterocycles. The lowest BCUT2D eigenvalue weighted by Crippen LogP contribution is -2.55. The van der Waals surface area contributed by atoms with Crippen molar-refractivity contribution < 1.29 is 4.79 Å². The van der Waals surface area contributed by atoms with E-state index in [-0.39, 0.29) is 5.91 Å². The van der Waals surface area contributed by atoms with Crippen molar-refractivity contribution >= 4 is 5.91 Å². The first-order valence-corrected chi connectivity index (χ1v) is 5.95. The monoisotopic (exact) mass is 223 g/mol. The summed E-state index contributed by atoms with van der Waals surface area (Å²) in [5.41, 5.74) is -0.417. The maximum Gasteiger partial charge on any atom is 0.222 e. The Labute approximate surface area is 97.8 Å². The largest absolute Gasteiger partial charge is 0.340 e. The second-order valence-electron chi connectivity index (χ2n) is 4.79. The summed E-state index contributed by atoms with van der Waals surface area (Å²) in [6.07, 6.45) is 1.55. The van der Waals surface area contributed by atoms with Gasteiger partial charge in [-0.2, -0.15) is 5.26 Å². The van der Waals surface area contributed by atoms with Crippen LogP contribution in [0.4, 0.5) is 0 Å². The third-order valence-electron chi connectivity index (χ3n) is 3.16. The van der Waals surface area contributed by atoms with E-state index in [2.05, 4.69) is 11.0 Å². The topological polar surface area (TPSA) is 47.3 Å². The number of hydrogen-bond donors (Lipinski definition) is 0. The fourth-order valence-electron chi connectivity index (χ4n) is 1.96. The number of amides is 1. The Morgan fingerprint density at radius 3 is 2.31 bits per heavy atom. The predicted octanol–water partition coefficient (Wildman–Crippen LogP) is 1.23. The van der Waals surface area contributed by atoms with Gasteiger partial charge in [0.2, 0.25) is 5.91 Å². The van der Waals surface area contributed by atoms with E-state index >= 15 is 0 Å². The highest BCUT2D eigenvalue weighted by Crippen LogP contribution is 2.16. The molecule has 1 amide bonds. The van der Waals surface area contributed by atoms with Gasteiger partial charge < -0.3 is 4.90 Å². The van der Waals surface area contributed by atoms with Gasteiger partial charge in [-0.3, -0.25) is 9.69 Å². The minimum absolute atomic E-state index is 0.247. The number of nitriles is 1. The summed E-state index contributed by atoms with van der Waals surface area (Å²) in [5, 5.41) is 9.03. The zero-order valence-electron chi connectivity index (χ0n) is 10.5. The van der Waals surface area contributed by atoms with Gasteiger partial charge >= 0.3 is 0 Å². The van der Waals surface area contributed by atoms with Crippen molar-refractivity contribution in [2.24, 2.45) is 0 Å². The van der Waals surface area contributed by atoms with Crippen LogP contribution in [0.1, 0.15) is 33.6 Å². The molecule has 0 N–H and O–H groups in total. The zero-order valence-corrected chi connectivity index (χ0v) is 10.5. The average Bonchev–Trinajstić information content (AvgIpc) is 2.29. The molecule has 90 valence electrons. The molecule has 0 aliphatic carbocycles. The minimum Gasteiger partial charge on any atom is -0.340 e. The van der Waals surface area contributed by atoms with Crippen molar-refractivity contribution in [2.45, 2.75) is 39.2 Å². The highest BCUT2D eigenvalue weighted by Gasteiger charge is 2.30. The molecule has 0 aromatic carbocycles. The minimum atomic E-state index is -0.417. The molecule has 0 bridgehead atoms. The summed E-state index contributed by atoms with van der Waals surface area (Å²) in [6.45, 7) is 8.99. The van der Waals surface area contributed by atoms with E-state index in [1.54, 1.807) is 0 Å². The Morgan fingerprint density at radius 2 is 1.88 bits per heavy atom.